The first-order chi connectivity index (χ1) is 8.31. The summed E-state index contributed by atoms with van der Waals surface area (Å²) in [6, 6.07) is 5.91. The van der Waals surface area contributed by atoms with Crippen LogP contribution in [0.2, 0.25) is 0 Å². The van der Waals surface area contributed by atoms with Gasteiger partial charge >= 0.3 is 0 Å². The van der Waals surface area contributed by atoms with Gasteiger partial charge in [0, 0.05) is 12.1 Å². The zero-order valence-electron chi connectivity index (χ0n) is 10.7. The molecule has 1 N–H and O–H groups in total. The van der Waals surface area contributed by atoms with E-state index in [4.69, 9.17) is 9.47 Å². The van der Waals surface area contributed by atoms with Crippen molar-refractivity contribution < 1.29 is 9.47 Å². The minimum atomic E-state index is 0.661. The quantitative estimate of drug-likeness (QED) is 0.554. The number of hydrogen-bond acceptors (Lipinski definition) is 3. The molecular weight excluding hydrogens is 214 g/mol. The summed E-state index contributed by atoms with van der Waals surface area (Å²) in [7, 11) is 1.91. The SMILES string of the molecule is C=CCc1cc(OCC)ccc1OCCNC. The lowest BCUT2D eigenvalue weighted by Crippen LogP contribution is -2.16. The second-order valence-corrected chi connectivity index (χ2v) is 3.65. The molecule has 0 aliphatic rings. The number of hydrogen-bond donors (Lipinski definition) is 1. The maximum atomic E-state index is 5.70. The predicted molar refractivity (Wildman–Crippen MR) is 70.9 cm³/mol. The van der Waals surface area contributed by atoms with Crippen molar-refractivity contribution in [3.05, 3.63) is 36.4 Å². The molecule has 1 aromatic rings. The van der Waals surface area contributed by atoms with Crippen molar-refractivity contribution in [2.24, 2.45) is 0 Å². The van der Waals surface area contributed by atoms with E-state index in [0.717, 1.165) is 30.0 Å². The van der Waals surface area contributed by atoms with Crippen molar-refractivity contribution in [3.8, 4) is 11.5 Å². The van der Waals surface area contributed by atoms with Crippen LogP contribution < -0.4 is 14.8 Å². The lowest BCUT2D eigenvalue weighted by Gasteiger charge is -2.12. The van der Waals surface area contributed by atoms with Crippen LogP contribution in [-0.2, 0) is 6.42 Å². The van der Waals surface area contributed by atoms with Crippen LogP contribution in [0.1, 0.15) is 12.5 Å². The first-order valence-electron chi connectivity index (χ1n) is 5.95. The second-order valence-electron chi connectivity index (χ2n) is 3.65. The van der Waals surface area contributed by atoms with E-state index in [-0.39, 0.29) is 0 Å². The zero-order valence-corrected chi connectivity index (χ0v) is 10.7. The summed E-state index contributed by atoms with van der Waals surface area (Å²) in [6.07, 6.45) is 2.66. The average molecular weight is 235 g/mol. The normalized spacial score (nSPS) is 10.0. The number of likely N-dealkylation sites (N-methyl/N-ethyl adjacent to an activating group) is 1. The van der Waals surface area contributed by atoms with Crippen LogP contribution in [0.5, 0.6) is 11.5 Å². The highest BCUT2D eigenvalue weighted by molar-refractivity contribution is 5.41. The zero-order chi connectivity index (χ0) is 12.5. The fourth-order valence-electron chi connectivity index (χ4n) is 1.53. The molecule has 0 aliphatic heterocycles. The summed E-state index contributed by atoms with van der Waals surface area (Å²) >= 11 is 0. The van der Waals surface area contributed by atoms with E-state index in [1.165, 1.54) is 0 Å². The van der Waals surface area contributed by atoms with Gasteiger partial charge < -0.3 is 14.8 Å². The Morgan fingerprint density at radius 1 is 1.35 bits per heavy atom. The predicted octanol–water partition coefficient (Wildman–Crippen LogP) is 2.41. The maximum absolute atomic E-state index is 5.70. The first-order valence-corrected chi connectivity index (χ1v) is 5.95. The van der Waals surface area contributed by atoms with Crippen molar-refractivity contribution in [1.29, 1.82) is 0 Å². The van der Waals surface area contributed by atoms with Gasteiger partial charge in [0.05, 0.1) is 6.61 Å². The molecule has 94 valence electrons. The molecule has 0 radical (unpaired) electrons. The van der Waals surface area contributed by atoms with E-state index in [2.05, 4.69) is 11.9 Å². The number of ether oxygens (including phenoxy) is 2. The van der Waals surface area contributed by atoms with Gasteiger partial charge in [0.15, 0.2) is 0 Å². The van der Waals surface area contributed by atoms with Gasteiger partial charge in [0.1, 0.15) is 18.1 Å². The van der Waals surface area contributed by atoms with Gasteiger partial charge in [-0.05, 0) is 38.6 Å². The first kappa shape index (κ1) is 13.6. The summed E-state index contributed by atoms with van der Waals surface area (Å²) in [5.74, 6) is 1.79. The third kappa shape index (κ3) is 4.49. The molecule has 0 atom stereocenters. The third-order valence-corrected chi connectivity index (χ3v) is 2.32. The fourth-order valence-corrected chi connectivity index (χ4v) is 1.53. The van der Waals surface area contributed by atoms with Gasteiger partial charge in [-0.15, -0.1) is 6.58 Å². The van der Waals surface area contributed by atoms with Crippen LogP contribution in [0.4, 0.5) is 0 Å². The molecule has 0 fully saturated rings. The van der Waals surface area contributed by atoms with E-state index in [0.29, 0.717) is 13.2 Å². The van der Waals surface area contributed by atoms with E-state index in [1.54, 1.807) is 0 Å². The Morgan fingerprint density at radius 2 is 2.18 bits per heavy atom. The summed E-state index contributed by atoms with van der Waals surface area (Å²) in [5, 5.41) is 3.05. The minimum absolute atomic E-state index is 0.661. The smallest absolute Gasteiger partial charge is 0.123 e. The van der Waals surface area contributed by atoms with Crippen molar-refractivity contribution >= 4 is 0 Å². The lowest BCUT2D eigenvalue weighted by atomic mass is 10.1. The highest BCUT2D eigenvalue weighted by Crippen LogP contribution is 2.25. The Labute approximate surface area is 103 Å². The summed E-state index contributed by atoms with van der Waals surface area (Å²) < 4.78 is 11.2. The average Bonchev–Trinajstić information content (AvgIpc) is 2.33. The molecule has 0 saturated heterocycles. The van der Waals surface area contributed by atoms with Crippen molar-refractivity contribution in [3.63, 3.8) is 0 Å². The van der Waals surface area contributed by atoms with E-state index >= 15 is 0 Å². The number of benzene rings is 1. The molecule has 0 heterocycles. The van der Waals surface area contributed by atoms with Gasteiger partial charge in [-0.1, -0.05) is 6.08 Å². The van der Waals surface area contributed by atoms with Crippen LogP contribution in [0.3, 0.4) is 0 Å². The second kappa shape index (κ2) is 7.74. The van der Waals surface area contributed by atoms with Gasteiger partial charge in [0.2, 0.25) is 0 Å². The number of nitrogens with one attached hydrogen (secondary N) is 1. The Bertz CT molecular complexity index is 350. The molecule has 0 bridgehead atoms. The van der Waals surface area contributed by atoms with E-state index in [1.807, 2.05) is 38.2 Å². The molecule has 1 aromatic carbocycles. The molecule has 0 unspecified atom stereocenters. The minimum Gasteiger partial charge on any atom is -0.494 e. The highest BCUT2D eigenvalue weighted by atomic mass is 16.5. The van der Waals surface area contributed by atoms with Crippen LogP contribution in [0.15, 0.2) is 30.9 Å². The molecule has 3 heteroatoms. The van der Waals surface area contributed by atoms with Crippen molar-refractivity contribution in [1.82, 2.24) is 5.32 Å². The molecule has 0 spiro atoms. The van der Waals surface area contributed by atoms with Crippen molar-refractivity contribution in [2.75, 3.05) is 26.8 Å². The molecule has 0 amide bonds. The van der Waals surface area contributed by atoms with Gasteiger partial charge in [-0.25, -0.2) is 0 Å². The van der Waals surface area contributed by atoms with Crippen molar-refractivity contribution in [2.45, 2.75) is 13.3 Å². The molecular formula is C14H21NO2. The fraction of sp³-hybridized carbons (Fsp3) is 0.429. The lowest BCUT2D eigenvalue weighted by molar-refractivity contribution is 0.312. The van der Waals surface area contributed by atoms with Crippen LogP contribution in [-0.4, -0.2) is 26.8 Å². The highest BCUT2D eigenvalue weighted by Gasteiger charge is 2.04. The van der Waals surface area contributed by atoms with Gasteiger partial charge in [0.25, 0.3) is 0 Å². The Balaban J connectivity index is 2.76. The Kier molecular flexibility index (Phi) is 6.18. The molecule has 3 nitrogen and oxygen atoms in total. The van der Waals surface area contributed by atoms with Gasteiger partial charge in [-0.2, -0.15) is 0 Å². The summed E-state index contributed by atoms with van der Waals surface area (Å²) in [6.45, 7) is 7.91. The molecule has 0 aromatic heterocycles. The summed E-state index contributed by atoms with van der Waals surface area (Å²) in [4.78, 5) is 0. The molecule has 0 aliphatic carbocycles. The molecule has 1 rings (SSSR count). The molecule has 17 heavy (non-hydrogen) atoms. The monoisotopic (exact) mass is 235 g/mol. The van der Waals surface area contributed by atoms with E-state index in [9.17, 15) is 0 Å². The van der Waals surface area contributed by atoms with Crippen LogP contribution in [0.25, 0.3) is 0 Å². The number of rotatable bonds is 8. The topological polar surface area (TPSA) is 30.5 Å². The Morgan fingerprint density at radius 3 is 2.82 bits per heavy atom. The van der Waals surface area contributed by atoms with Crippen LogP contribution >= 0.6 is 0 Å². The standard InChI is InChI=1S/C14H21NO2/c1-4-6-12-11-13(16-5-2)7-8-14(12)17-10-9-15-3/h4,7-8,11,15H,1,5-6,9-10H2,2-3H3. The third-order valence-electron chi connectivity index (χ3n) is 2.32. The van der Waals surface area contributed by atoms with Crippen LogP contribution in [0, 0.1) is 0 Å². The van der Waals surface area contributed by atoms with Gasteiger partial charge in [-0.3, -0.25) is 0 Å². The number of allylic oxidation sites excluding steroid dienone is 1. The maximum Gasteiger partial charge on any atom is 0.123 e. The molecule has 0 saturated carbocycles. The summed E-state index contributed by atoms with van der Waals surface area (Å²) in [5.41, 5.74) is 1.11. The Hall–Kier alpha value is -1.48. The largest absolute Gasteiger partial charge is 0.494 e. The van der Waals surface area contributed by atoms with E-state index < -0.39 is 0 Å².